The monoisotopic (exact) mass is 500 g/mol. The molecule has 1 heterocycles. The first-order chi connectivity index (χ1) is 16.8. The lowest BCUT2D eigenvalue weighted by Gasteiger charge is -2.24. The van der Waals surface area contributed by atoms with Crippen molar-refractivity contribution in [3.63, 3.8) is 0 Å². The molecule has 0 spiro atoms. The van der Waals surface area contributed by atoms with E-state index in [4.69, 9.17) is 11.6 Å². The maximum absolute atomic E-state index is 14.4. The molecule has 0 unspecified atom stereocenters. The number of rotatable bonds is 4. The van der Waals surface area contributed by atoms with E-state index in [9.17, 15) is 13.2 Å². The number of amides is 1. The standard InChI is InChI=1S/C28H21ClN2O3S/c1-18-11-13-22(14-12-18)35(33,34)31(21-16-19(2)15-20(29)17-21)28(32)27-23-7-3-5-9-25(23)30-26-10-6-4-8-24(26)27/h3-17H,1-2H3. The Morgan fingerprint density at radius 2 is 1.34 bits per heavy atom. The van der Waals surface area contributed by atoms with Gasteiger partial charge in [0.15, 0.2) is 0 Å². The molecule has 0 saturated carbocycles. The van der Waals surface area contributed by atoms with Crippen molar-refractivity contribution in [1.82, 2.24) is 4.98 Å². The average Bonchev–Trinajstić information content (AvgIpc) is 2.82. The van der Waals surface area contributed by atoms with Crippen molar-refractivity contribution in [3.8, 4) is 0 Å². The van der Waals surface area contributed by atoms with E-state index in [2.05, 4.69) is 4.98 Å². The molecule has 4 aromatic carbocycles. The average molecular weight is 501 g/mol. The van der Waals surface area contributed by atoms with E-state index >= 15 is 0 Å². The van der Waals surface area contributed by atoms with Gasteiger partial charge in [-0.25, -0.2) is 13.4 Å². The molecular formula is C28H21ClN2O3S. The summed E-state index contributed by atoms with van der Waals surface area (Å²) in [6, 6.07) is 25.7. The van der Waals surface area contributed by atoms with Crippen molar-refractivity contribution >= 4 is 55.0 Å². The number of para-hydroxylation sites is 2. The highest BCUT2D eigenvalue weighted by molar-refractivity contribution is 7.93. The topological polar surface area (TPSA) is 67.3 Å². The molecule has 0 saturated heterocycles. The first-order valence-electron chi connectivity index (χ1n) is 11.0. The van der Waals surface area contributed by atoms with Gasteiger partial charge in [-0.2, -0.15) is 4.31 Å². The second-order valence-electron chi connectivity index (χ2n) is 8.40. The van der Waals surface area contributed by atoms with Gasteiger partial charge in [-0.3, -0.25) is 4.79 Å². The third-order valence-corrected chi connectivity index (χ3v) is 7.75. The largest absolute Gasteiger partial charge is 0.273 e. The van der Waals surface area contributed by atoms with Crippen LogP contribution in [-0.2, 0) is 10.0 Å². The van der Waals surface area contributed by atoms with Crippen LogP contribution in [0.2, 0.25) is 5.02 Å². The molecule has 0 N–H and O–H groups in total. The summed E-state index contributed by atoms with van der Waals surface area (Å²) in [5, 5.41) is 1.47. The van der Waals surface area contributed by atoms with E-state index in [1.54, 1.807) is 67.6 Å². The number of nitrogens with zero attached hydrogens (tertiary/aromatic N) is 2. The number of hydrogen-bond acceptors (Lipinski definition) is 4. The van der Waals surface area contributed by atoms with Crippen LogP contribution >= 0.6 is 11.6 Å². The number of fused-ring (bicyclic) bond motifs is 2. The van der Waals surface area contributed by atoms with Crippen LogP contribution in [0, 0.1) is 13.8 Å². The van der Waals surface area contributed by atoms with Crippen LogP contribution in [0.5, 0.6) is 0 Å². The quantitative estimate of drug-likeness (QED) is 0.258. The molecule has 0 radical (unpaired) electrons. The zero-order valence-electron chi connectivity index (χ0n) is 19.1. The Kier molecular flexibility index (Phi) is 5.79. The van der Waals surface area contributed by atoms with E-state index in [0.29, 0.717) is 26.8 Å². The molecular weight excluding hydrogens is 480 g/mol. The van der Waals surface area contributed by atoms with Crippen molar-refractivity contribution < 1.29 is 13.2 Å². The van der Waals surface area contributed by atoms with Gasteiger partial charge in [0.1, 0.15) is 0 Å². The number of benzene rings is 4. The Morgan fingerprint density at radius 1 is 0.771 bits per heavy atom. The zero-order valence-corrected chi connectivity index (χ0v) is 20.6. The summed E-state index contributed by atoms with van der Waals surface area (Å²) in [6.45, 7) is 3.67. The Bertz CT molecular complexity index is 1640. The molecule has 0 fully saturated rings. The summed E-state index contributed by atoms with van der Waals surface area (Å²) in [5.74, 6) is -0.679. The van der Waals surface area contributed by atoms with E-state index in [1.165, 1.54) is 18.2 Å². The Morgan fingerprint density at radius 3 is 1.91 bits per heavy atom. The molecule has 0 aliphatic carbocycles. The first-order valence-corrected chi connectivity index (χ1v) is 12.8. The second-order valence-corrected chi connectivity index (χ2v) is 10.6. The van der Waals surface area contributed by atoms with Gasteiger partial charge in [-0.1, -0.05) is 65.7 Å². The van der Waals surface area contributed by atoms with Gasteiger partial charge in [-0.05, 0) is 61.9 Å². The van der Waals surface area contributed by atoms with Crippen molar-refractivity contribution in [3.05, 3.63) is 113 Å². The molecule has 5 nitrogen and oxygen atoms in total. The minimum absolute atomic E-state index is 0.0109. The minimum atomic E-state index is -4.28. The normalized spacial score (nSPS) is 11.6. The minimum Gasteiger partial charge on any atom is -0.268 e. The van der Waals surface area contributed by atoms with Crippen LogP contribution in [0.4, 0.5) is 5.69 Å². The summed E-state index contributed by atoms with van der Waals surface area (Å²) in [6.07, 6.45) is 0. The Hall–Kier alpha value is -3.74. The number of carbonyl (C=O) groups is 1. The van der Waals surface area contributed by atoms with Crippen LogP contribution in [0.15, 0.2) is 95.9 Å². The van der Waals surface area contributed by atoms with Crippen LogP contribution in [0.1, 0.15) is 21.5 Å². The van der Waals surface area contributed by atoms with E-state index in [1.807, 2.05) is 19.1 Å². The molecule has 1 aromatic heterocycles. The SMILES string of the molecule is Cc1ccc(S(=O)(=O)N(C(=O)c2c3ccccc3nc3ccccc23)c2cc(C)cc(Cl)c2)cc1. The summed E-state index contributed by atoms with van der Waals surface area (Å²) in [5.41, 5.74) is 3.28. The number of carbonyl (C=O) groups excluding carboxylic acids is 1. The smallest absolute Gasteiger partial charge is 0.268 e. The third kappa shape index (κ3) is 4.16. The van der Waals surface area contributed by atoms with Gasteiger partial charge in [0.2, 0.25) is 0 Å². The van der Waals surface area contributed by atoms with Crippen LogP contribution in [-0.4, -0.2) is 19.3 Å². The molecule has 0 aliphatic rings. The molecule has 0 atom stereocenters. The number of pyridine rings is 1. The maximum Gasteiger partial charge on any atom is 0.273 e. The van der Waals surface area contributed by atoms with Crippen LogP contribution < -0.4 is 4.31 Å². The number of halogens is 1. The number of anilines is 1. The Balaban J connectivity index is 1.83. The zero-order chi connectivity index (χ0) is 24.7. The second kappa shape index (κ2) is 8.80. The maximum atomic E-state index is 14.4. The number of aryl methyl sites for hydroxylation is 2. The molecule has 35 heavy (non-hydrogen) atoms. The van der Waals surface area contributed by atoms with Crippen molar-refractivity contribution in [1.29, 1.82) is 0 Å². The van der Waals surface area contributed by atoms with E-state index < -0.39 is 15.9 Å². The molecule has 1 amide bonds. The van der Waals surface area contributed by atoms with Gasteiger partial charge < -0.3 is 0 Å². The summed E-state index contributed by atoms with van der Waals surface area (Å²) >= 11 is 6.31. The number of sulfonamides is 1. The predicted molar refractivity (Wildman–Crippen MR) is 141 cm³/mol. The van der Waals surface area contributed by atoms with Gasteiger partial charge in [0.05, 0.1) is 27.2 Å². The van der Waals surface area contributed by atoms with Gasteiger partial charge in [0, 0.05) is 15.8 Å². The van der Waals surface area contributed by atoms with E-state index in [-0.39, 0.29) is 16.1 Å². The van der Waals surface area contributed by atoms with Gasteiger partial charge in [0.25, 0.3) is 15.9 Å². The van der Waals surface area contributed by atoms with Gasteiger partial charge >= 0.3 is 0 Å². The molecule has 0 bridgehead atoms. The molecule has 0 aliphatic heterocycles. The Labute approximate surface area is 208 Å². The number of aromatic nitrogens is 1. The highest BCUT2D eigenvalue weighted by Crippen LogP contribution is 2.33. The molecule has 174 valence electrons. The van der Waals surface area contributed by atoms with Crippen LogP contribution in [0.3, 0.4) is 0 Å². The highest BCUT2D eigenvalue weighted by Gasteiger charge is 2.34. The summed E-state index contributed by atoms with van der Waals surface area (Å²) in [4.78, 5) is 19.0. The fraction of sp³-hybridized carbons (Fsp3) is 0.0714. The predicted octanol–water partition coefficient (Wildman–Crippen LogP) is 6.69. The molecule has 7 heteroatoms. The molecule has 5 aromatic rings. The van der Waals surface area contributed by atoms with Crippen molar-refractivity contribution in [2.75, 3.05) is 4.31 Å². The fourth-order valence-corrected chi connectivity index (χ4v) is 5.85. The first kappa shape index (κ1) is 23.0. The number of hydrogen-bond donors (Lipinski definition) is 0. The lowest BCUT2D eigenvalue weighted by molar-refractivity contribution is 0.101. The van der Waals surface area contributed by atoms with E-state index in [0.717, 1.165) is 15.4 Å². The van der Waals surface area contributed by atoms with Crippen molar-refractivity contribution in [2.24, 2.45) is 0 Å². The third-order valence-electron chi connectivity index (χ3n) is 5.81. The van der Waals surface area contributed by atoms with Crippen LogP contribution in [0.25, 0.3) is 21.8 Å². The van der Waals surface area contributed by atoms with Crippen molar-refractivity contribution in [2.45, 2.75) is 18.7 Å². The summed E-state index contributed by atoms with van der Waals surface area (Å²) in [7, 11) is -4.28. The summed E-state index contributed by atoms with van der Waals surface area (Å²) < 4.78 is 28.9. The lowest BCUT2D eigenvalue weighted by atomic mass is 10.0. The van der Waals surface area contributed by atoms with Gasteiger partial charge in [-0.15, -0.1) is 0 Å². The fourth-order valence-electron chi connectivity index (χ4n) is 4.19. The lowest BCUT2D eigenvalue weighted by Crippen LogP contribution is -2.37. The highest BCUT2D eigenvalue weighted by atomic mass is 35.5. The molecule has 5 rings (SSSR count).